The van der Waals surface area contributed by atoms with E-state index in [0.29, 0.717) is 18.5 Å². The molecule has 1 aromatic heterocycles. The number of nitrogens with two attached hydrogens (primary N) is 1. The highest BCUT2D eigenvalue weighted by atomic mass is 16.5. The summed E-state index contributed by atoms with van der Waals surface area (Å²) < 4.78 is 5.07. The van der Waals surface area contributed by atoms with Gasteiger partial charge in [-0.1, -0.05) is 5.16 Å². The Labute approximate surface area is 113 Å². The molecule has 1 atom stereocenters. The Morgan fingerprint density at radius 1 is 1.21 bits per heavy atom. The number of hydrogen-bond acceptors (Lipinski definition) is 6. The van der Waals surface area contributed by atoms with Gasteiger partial charge in [0.15, 0.2) is 5.82 Å². The normalized spacial score (nSPS) is 25.4. The predicted molar refractivity (Wildman–Crippen MR) is 71.3 cm³/mol. The van der Waals surface area contributed by atoms with Crippen LogP contribution in [0.1, 0.15) is 37.4 Å². The van der Waals surface area contributed by atoms with Crippen LogP contribution in [0.15, 0.2) is 4.52 Å². The molecule has 6 heteroatoms. The molecule has 2 fully saturated rings. The molecule has 0 amide bonds. The van der Waals surface area contributed by atoms with Crippen molar-refractivity contribution >= 4 is 0 Å². The molecule has 1 aromatic rings. The largest absolute Gasteiger partial charge is 0.338 e. The van der Waals surface area contributed by atoms with Gasteiger partial charge in [0.05, 0.1) is 13.1 Å². The van der Waals surface area contributed by atoms with Crippen LogP contribution in [-0.4, -0.2) is 52.2 Å². The summed E-state index contributed by atoms with van der Waals surface area (Å²) in [6.45, 7) is 5.99. The molecule has 19 heavy (non-hydrogen) atoms. The quantitative estimate of drug-likeness (QED) is 0.840. The van der Waals surface area contributed by atoms with Gasteiger partial charge in [0.25, 0.3) is 0 Å². The molecule has 6 nitrogen and oxygen atoms in total. The second kappa shape index (κ2) is 5.98. The lowest BCUT2D eigenvalue weighted by Gasteiger charge is -2.27. The predicted octanol–water partition coefficient (Wildman–Crippen LogP) is 0.588. The monoisotopic (exact) mass is 265 g/mol. The van der Waals surface area contributed by atoms with Crippen LogP contribution in [0.2, 0.25) is 0 Å². The zero-order valence-electron chi connectivity index (χ0n) is 11.4. The minimum absolute atomic E-state index is 0.324. The van der Waals surface area contributed by atoms with E-state index in [4.69, 9.17) is 10.3 Å². The van der Waals surface area contributed by atoms with Crippen LogP contribution in [0.4, 0.5) is 0 Å². The summed E-state index contributed by atoms with van der Waals surface area (Å²) in [5, 5.41) is 4.00. The Morgan fingerprint density at radius 2 is 2.05 bits per heavy atom. The van der Waals surface area contributed by atoms with E-state index in [0.717, 1.165) is 18.9 Å². The lowest BCUT2D eigenvalue weighted by atomic mass is 10.2. The fraction of sp³-hybridized carbons (Fsp3) is 0.846. The Balaban J connectivity index is 1.56. The maximum Gasteiger partial charge on any atom is 0.240 e. The van der Waals surface area contributed by atoms with Gasteiger partial charge in [-0.25, -0.2) is 0 Å². The van der Waals surface area contributed by atoms with Gasteiger partial charge < -0.3 is 15.2 Å². The van der Waals surface area contributed by atoms with Crippen LogP contribution < -0.4 is 5.73 Å². The van der Waals surface area contributed by atoms with Gasteiger partial charge in [0.1, 0.15) is 0 Å². The first kappa shape index (κ1) is 13.0. The first-order chi connectivity index (χ1) is 9.35. The molecule has 1 unspecified atom stereocenters. The maximum absolute atomic E-state index is 5.49. The Morgan fingerprint density at radius 3 is 2.79 bits per heavy atom. The first-order valence-electron chi connectivity index (χ1n) is 7.33. The van der Waals surface area contributed by atoms with Crippen molar-refractivity contribution in [1.29, 1.82) is 0 Å². The Kier molecular flexibility index (Phi) is 4.10. The number of rotatable bonds is 5. The van der Waals surface area contributed by atoms with Gasteiger partial charge in [-0.3, -0.25) is 4.90 Å². The first-order valence-corrected chi connectivity index (χ1v) is 7.33. The molecule has 2 saturated heterocycles. The summed E-state index contributed by atoms with van der Waals surface area (Å²) in [6, 6.07) is 0.651. The summed E-state index contributed by atoms with van der Waals surface area (Å²) in [4.78, 5) is 9.38. The molecular formula is C13H23N5O. The van der Waals surface area contributed by atoms with Crippen LogP contribution in [0.25, 0.3) is 0 Å². The molecule has 3 rings (SSSR count). The van der Waals surface area contributed by atoms with E-state index in [9.17, 15) is 0 Å². The van der Waals surface area contributed by atoms with Crippen molar-refractivity contribution in [3.63, 3.8) is 0 Å². The molecule has 0 radical (unpaired) electrons. The number of aromatic nitrogens is 2. The van der Waals surface area contributed by atoms with Gasteiger partial charge in [-0.05, 0) is 45.3 Å². The smallest absolute Gasteiger partial charge is 0.240 e. The molecular weight excluding hydrogens is 242 g/mol. The summed E-state index contributed by atoms with van der Waals surface area (Å²) in [5.41, 5.74) is 5.49. The molecule has 106 valence electrons. The van der Waals surface area contributed by atoms with E-state index in [1.807, 2.05) is 0 Å². The van der Waals surface area contributed by atoms with Crippen molar-refractivity contribution in [2.45, 2.75) is 44.8 Å². The average molecular weight is 265 g/mol. The standard InChI is InChI=1S/C13H23N5O/c14-8-13-15-12(16-19-13)10-18-7-3-4-11(18)9-17-5-1-2-6-17/h11H,1-10,14H2. The Bertz CT molecular complexity index is 401. The van der Waals surface area contributed by atoms with Crippen molar-refractivity contribution in [3.05, 3.63) is 11.7 Å². The van der Waals surface area contributed by atoms with Crippen molar-refractivity contribution < 1.29 is 4.52 Å². The van der Waals surface area contributed by atoms with Crippen LogP contribution in [0.3, 0.4) is 0 Å². The van der Waals surface area contributed by atoms with Gasteiger partial charge in [0.2, 0.25) is 5.89 Å². The molecule has 0 aromatic carbocycles. The highest BCUT2D eigenvalue weighted by Crippen LogP contribution is 2.21. The molecule has 2 aliphatic heterocycles. The molecule has 0 bridgehead atoms. The zero-order chi connectivity index (χ0) is 13.1. The van der Waals surface area contributed by atoms with E-state index in [-0.39, 0.29) is 0 Å². The fourth-order valence-electron chi connectivity index (χ4n) is 3.19. The Hall–Kier alpha value is -0.980. The highest BCUT2D eigenvalue weighted by molar-refractivity contribution is 4.90. The number of hydrogen-bond donors (Lipinski definition) is 1. The second-order valence-electron chi connectivity index (χ2n) is 5.58. The SMILES string of the molecule is NCc1nc(CN2CCCC2CN2CCCC2)no1. The van der Waals surface area contributed by atoms with E-state index in [1.165, 1.54) is 45.3 Å². The summed E-state index contributed by atoms with van der Waals surface area (Å²) in [7, 11) is 0. The van der Waals surface area contributed by atoms with Crippen molar-refractivity contribution in [2.75, 3.05) is 26.2 Å². The van der Waals surface area contributed by atoms with Crippen LogP contribution in [0.5, 0.6) is 0 Å². The lowest BCUT2D eigenvalue weighted by Crippen LogP contribution is -2.39. The van der Waals surface area contributed by atoms with E-state index >= 15 is 0 Å². The topological polar surface area (TPSA) is 71.4 Å². The highest BCUT2D eigenvalue weighted by Gasteiger charge is 2.28. The third-order valence-corrected chi connectivity index (χ3v) is 4.20. The summed E-state index contributed by atoms with van der Waals surface area (Å²) in [5.74, 6) is 1.30. The third-order valence-electron chi connectivity index (χ3n) is 4.20. The average Bonchev–Trinajstić information content (AvgIpc) is 3.14. The van der Waals surface area contributed by atoms with Crippen molar-refractivity contribution in [3.8, 4) is 0 Å². The molecule has 0 spiro atoms. The molecule has 0 saturated carbocycles. The van der Waals surface area contributed by atoms with Crippen LogP contribution in [-0.2, 0) is 13.1 Å². The van der Waals surface area contributed by atoms with Gasteiger partial charge in [0, 0.05) is 12.6 Å². The zero-order valence-corrected chi connectivity index (χ0v) is 11.4. The second-order valence-corrected chi connectivity index (χ2v) is 5.58. The van der Waals surface area contributed by atoms with E-state index < -0.39 is 0 Å². The number of likely N-dealkylation sites (tertiary alicyclic amines) is 2. The molecule has 2 aliphatic rings. The summed E-state index contributed by atoms with van der Waals surface area (Å²) >= 11 is 0. The van der Waals surface area contributed by atoms with Gasteiger partial charge >= 0.3 is 0 Å². The fourth-order valence-corrected chi connectivity index (χ4v) is 3.19. The maximum atomic E-state index is 5.49. The van der Waals surface area contributed by atoms with Crippen molar-refractivity contribution in [1.82, 2.24) is 19.9 Å². The van der Waals surface area contributed by atoms with E-state index in [2.05, 4.69) is 19.9 Å². The van der Waals surface area contributed by atoms with E-state index in [1.54, 1.807) is 0 Å². The minimum Gasteiger partial charge on any atom is -0.338 e. The van der Waals surface area contributed by atoms with Gasteiger partial charge in [-0.15, -0.1) is 0 Å². The van der Waals surface area contributed by atoms with Gasteiger partial charge in [-0.2, -0.15) is 4.98 Å². The molecule has 3 heterocycles. The summed E-state index contributed by atoms with van der Waals surface area (Å²) in [6.07, 6.45) is 5.28. The minimum atomic E-state index is 0.324. The third kappa shape index (κ3) is 3.13. The van der Waals surface area contributed by atoms with Crippen molar-refractivity contribution in [2.24, 2.45) is 5.73 Å². The lowest BCUT2D eigenvalue weighted by molar-refractivity contribution is 0.180. The number of nitrogens with zero attached hydrogens (tertiary/aromatic N) is 4. The molecule has 0 aliphatic carbocycles. The molecule has 2 N–H and O–H groups in total. The van der Waals surface area contributed by atoms with Crippen LogP contribution in [0, 0.1) is 0 Å². The van der Waals surface area contributed by atoms with Crippen LogP contribution >= 0.6 is 0 Å².